The predicted molar refractivity (Wildman–Crippen MR) is 84.0 cm³/mol. The SMILES string of the molecule is CNC(=S)NNC(=O)C(O)C1(c2cccc(Br)c2)CC1. The molecule has 1 fully saturated rings. The molecule has 1 aliphatic rings. The molecule has 0 aromatic heterocycles. The van der Waals surface area contributed by atoms with Gasteiger partial charge in [-0.25, -0.2) is 0 Å². The highest BCUT2D eigenvalue weighted by molar-refractivity contribution is 9.10. The molecule has 1 saturated carbocycles. The van der Waals surface area contributed by atoms with E-state index in [1.807, 2.05) is 24.3 Å². The Labute approximate surface area is 131 Å². The minimum Gasteiger partial charge on any atom is -0.382 e. The quantitative estimate of drug-likeness (QED) is 0.479. The lowest BCUT2D eigenvalue weighted by Crippen LogP contribution is -2.51. The summed E-state index contributed by atoms with van der Waals surface area (Å²) in [5.74, 6) is -0.486. The average molecular weight is 358 g/mol. The van der Waals surface area contributed by atoms with Crippen LogP contribution in [0.1, 0.15) is 18.4 Å². The summed E-state index contributed by atoms with van der Waals surface area (Å²) in [7, 11) is 1.64. The van der Waals surface area contributed by atoms with Crippen molar-refractivity contribution in [3.63, 3.8) is 0 Å². The first-order valence-corrected chi connectivity index (χ1v) is 7.41. The second-order valence-electron chi connectivity index (χ2n) is 4.76. The van der Waals surface area contributed by atoms with Crippen LogP contribution in [0, 0.1) is 0 Å². The molecule has 0 spiro atoms. The van der Waals surface area contributed by atoms with E-state index in [4.69, 9.17) is 12.2 Å². The Morgan fingerprint density at radius 3 is 2.70 bits per heavy atom. The van der Waals surface area contributed by atoms with Gasteiger partial charge in [-0.15, -0.1) is 0 Å². The lowest BCUT2D eigenvalue weighted by Gasteiger charge is -2.22. The van der Waals surface area contributed by atoms with Gasteiger partial charge in [-0.05, 0) is 42.8 Å². The number of nitrogens with one attached hydrogen (secondary N) is 3. The average Bonchev–Trinajstić information content (AvgIpc) is 3.25. The van der Waals surface area contributed by atoms with Gasteiger partial charge in [0.15, 0.2) is 5.11 Å². The lowest BCUT2D eigenvalue weighted by molar-refractivity contribution is -0.131. The van der Waals surface area contributed by atoms with Gasteiger partial charge in [-0.3, -0.25) is 15.6 Å². The Balaban J connectivity index is 2.06. The fourth-order valence-corrected chi connectivity index (χ4v) is 2.60. The van der Waals surface area contributed by atoms with E-state index in [0.29, 0.717) is 0 Å². The molecule has 0 bridgehead atoms. The van der Waals surface area contributed by atoms with Gasteiger partial charge in [0.05, 0.1) is 0 Å². The van der Waals surface area contributed by atoms with E-state index < -0.39 is 17.4 Å². The molecule has 1 unspecified atom stereocenters. The summed E-state index contributed by atoms with van der Waals surface area (Å²) < 4.78 is 0.934. The number of aliphatic hydroxyl groups excluding tert-OH is 1. The molecule has 2 rings (SSSR count). The molecule has 4 N–H and O–H groups in total. The number of halogens is 1. The zero-order valence-corrected chi connectivity index (χ0v) is 13.3. The number of amides is 1. The Morgan fingerprint density at radius 2 is 2.15 bits per heavy atom. The summed E-state index contributed by atoms with van der Waals surface area (Å²) in [6, 6.07) is 7.69. The maximum absolute atomic E-state index is 12.0. The number of hydrazine groups is 1. The van der Waals surface area contributed by atoms with Crippen LogP contribution in [-0.2, 0) is 10.2 Å². The summed E-state index contributed by atoms with van der Waals surface area (Å²) >= 11 is 8.26. The first-order valence-electron chi connectivity index (χ1n) is 6.21. The van der Waals surface area contributed by atoms with Gasteiger partial charge in [0, 0.05) is 16.9 Å². The molecule has 7 heteroatoms. The molecular weight excluding hydrogens is 342 g/mol. The van der Waals surface area contributed by atoms with Crippen molar-refractivity contribution in [2.24, 2.45) is 0 Å². The lowest BCUT2D eigenvalue weighted by atomic mass is 9.89. The molecule has 1 aromatic carbocycles. The third-order valence-corrected chi connectivity index (χ3v) is 4.29. The minimum atomic E-state index is -1.11. The summed E-state index contributed by atoms with van der Waals surface area (Å²) in [5.41, 5.74) is 5.41. The van der Waals surface area contributed by atoms with E-state index in [0.717, 1.165) is 22.9 Å². The van der Waals surface area contributed by atoms with Crippen LogP contribution in [0.5, 0.6) is 0 Å². The number of thiocarbonyl (C=S) groups is 1. The minimum absolute atomic E-state index is 0.290. The highest BCUT2D eigenvalue weighted by Crippen LogP contribution is 2.51. The van der Waals surface area contributed by atoms with Gasteiger partial charge < -0.3 is 10.4 Å². The Morgan fingerprint density at radius 1 is 1.45 bits per heavy atom. The normalized spacial score (nSPS) is 16.9. The summed E-state index contributed by atoms with van der Waals surface area (Å²) in [6.45, 7) is 0. The maximum Gasteiger partial charge on any atom is 0.268 e. The zero-order valence-electron chi connectivity index (χ0n) is 10.9. The van der Waals surface area contributed by atoms with Crippen molar-refractivity contribution in [2.45, 2.75) is 24.4 Å². The second-order valence-corrected chi connectivity index (χ2v) is 6.09. The van der Waals surface area contributed by atoms with E-state index in [1.54, 1.807) is 7.05 Å². The first kappa shape index (κ1) is 15.2. The first-order chi connectivity index (χ1) is 9.49. The standard InChI is InChI=1S/C13H16BrN3O2S/c1-15-12(20)17-16-11(19)10(18)13(5-6-13)8-3-2-4-9(14)7-8/h2-4,7,10,18H,5-6H2,1H3,(H,16,19)(H2,15,17,20). The Hall–Kier alpha value is -1.18. The molecule has 108 valence electrons. The topological polar surface area (TPSA) is 73.4 Å². The number of hydrogen-bond donors (Lipinski definition) is 4. The van der Waals surface area contributed by atoms with Crippen LogP contribution in [0.3, 0.4) is 0 Å². The van der Waals surface area contributed by atoms with Gasteiger partial charge in [-0.2, -0.15) is 0 Å². The number of rotatable bonds is 3. The Kier molecular flexibility index (Phi) is 4.62. The largest absolute Gasteiger partial charge is 0.382 e. The van der Waals surface area contributed by atoms with Crippen LogP contribution in [-0.4, -0.2) is 29.3 Å². The third-order valence-electron chi connectivity index (χ3n) is 3.49. The highest BCUT2D eigenvalue weighted by atomic mass is 79.9. The molecular formula is C13H16BrN3O2S. The van der Waals surface area contributed by atoms with Crippen LogP contribution in [0.15, 0.2) is 28.7 Å². The summed E-state index contributed by atoms with van der Waals surface area (Å²) in [6.07, 6.45) is 0.465. The molecule has 0 radical (unpaired) electrons. The van der Waals surface area contributed by atoms with Crippen LogP contribution < -0.4 is 16.2 Å². The van der Waals surface area contributed by atoms with Gasteiger partial charge in [0.1, 0.15) is 6.10 Å². The van der Waals surface area contributed by atoms with Crippen molar-refractivity contribution in [1.82, 2.24) is 16.2 Å². The van der Waals surface area contributed by atoms with E-state index in [2.05, 4.69) is 32.1 Å². The number of hydrogen-bond acceptors (Lipinski definition) is 3. The monoisotopic (exact) mass is 357 g/mol. The van der Waals surface area contributed by atoms with Crippen LogP contribution in [0.25, 0.3) is 0 Å². The third kappa shape index (κ3) is 3.11. The van der Waals surface area contributed by atoms with Gasteiger partial charge in [-0.1, -0.05) is 28.1 Å². The van der Waals surface area contributed by atoms with Crippen LogP contribution in [0.4, 0.5) is 0 Å². The van der Waals surface area contributed by atoms with Crippen molar-refractivity contribution in [1.29, 1.82) is 0 Å². The molecule has 0 heterocycles. The molecule has 5 nitrogen and oxygen atoms in total. The molecule has 1 amide bonds. The van der Waals surface area contributed by atoms with Crippen molar-refractivity contribution >= 4 is 39.2 Å². The number of carbonyl (C=O) groups excluding carboxylic acids is 1. The van der Waals surface area contributed by atoms with Gasteiger partial charge in [0.25, 0.3) is 5.91 Å². The predicted octanol–water partition coefficient (Wildman–Crippen LogP) is 0.967. The van der Waals surface area contributed by atoms with Crippen molar-refractivity contribution in [2.75, 3.05) is 7.05 Å². The summed E-state index contributed by atoms with van der Waals surface area (Å²) in [5, 5.41) is 13.3. The van der Waals surface area contributed by atoms with Gasteiger partial charge >= 0.3 is 0 Å². The molecule has 1 aromatic rings. The second kappa shape index (κ2) is 6.07. The summed E-state index contributed by atoms with van der Waals surface area (Å²) in [4.78, 5) is 12.0. The van der Waals surface area contributed by atoms with Crippen molar-refractivity contribution < 1.29 is 9.90 Å². The number of aliphatic hydroxyl groups is 1. The smallest absolute Gasteiger partial charge is 0.268 e. The van der Waals surface area contributed by atoms with Gasteiger partial charge in [0.2, 0.25) is 0 Å². The fourth-order valence-electron chi connectivity index (χ4n) is 2.15. The zero-order chi connectivity index (χ0) is 14.8. The van der Waals surface area contributed by atoms with Crippen molar-refractivity contribution in [3.8, 4) is 0 Å². The van der Waals surface area contributed by atoms with Crippen LogP contribution >= 0.6 is 28.1 Å². The van der Waals surface area contributed by atoms with E-state index in [-0.39, 0.29) is 5.11 Å². The maximum atomic E-state index is 12.0. The molecule has 20 heavy (non-hydrogen) atoms. The molecule has 1 aliphatic carbocycles. The van der Waals surface area contributed by atoms with E-state index >= 15 is 0 Å². The number of benzene rings is 1. The highest BCUT2D eigenvalue weighted by Gasteiger charge is 2.53. The van der Waals surface area contributed by atoms with E-state index in [1.165, 1.54) is 0 Å². The molecule has 0 aliphatic heterocycles. The Bertz CT molecular complexity index is 534. The molecule has 0 saturated heterocycles. The fraction of sp³-hybridized carbons (Fsp3) is 0.385. The molecule has 1 atom stereocenters. The van der Waals surface area contributed by atoms with Crippen molar-refractivity contribution in [3.05, 3.63) is 34.3 Å². The van der Waals surface area contributed by atoms with E-state index in [9.17, 15) is 9.90 Å². The van der Waals surface area contributed by atoms with Crippen LogP contribution in [0.2, 0.25) is 0 Å². The number of carbonyl (C=O) groups is 1.